The smallest absolute Gasteiger partial charge is 0.314 e. The molecule has 1 heterocycles. The lowest BCUT2D eigenvalue weighted by atomic mass is 9.76. The molecule has 1 aliphatic heterocycles. The van der Waals surface area contributed by atoms with Gasteiger partial charge in [-0.25, -0.2) is 0 Å². The number of benzene rings is 1. The summed E-state index contributed by atoms with van der Waals surface area (Å²) in [5.74, 6) is 0.206. The van der Waals surface area contributed by atoms with Crippen molar-refractivity contribution in [2.75, 3.05) is 13.1 Å². The predicted octanol–water partition coefficient (Wildman–Crippen LogP) is 3.13. The van der Waals surface area contributed by atoms with Crippen LogP contribution >= 0.6 is 15.9 Å². The number of carbonyl (C=O) groups excluding carboxylic acids is 1. The number of esters is 1. The summed E-state index contributed by atoms with van der Waals surface area (Å²) < 4.78 is 6.53. The van der Waals surface area contributed by atoms with E-state index in [2.05, 4.69) is 35.1 Å². The highest BCUT2D eigenvalue weighted by Gasteiger charge is 2.45. The van der Waals surface area contributed by atoms with E-state index < -0.39 is 0 Å². The molecule has 1 aromatic carbocycles. The maximum Gasteiger partial charge on any atom is 0.314 e. The Morgan fingerprint density at radius 2 is 2.21 bits per heavy atom. The Hall–Kier alpha value is -0.870. The molecule has 0 spiro atoms. The number of carbonyl (C=O) groups is 1. The molecule has 0 radical (unpaired) electrons. The van der Waals surface area contributed by atoms with Crippen molar-refractivity contribution in [3.05, 3.63) is 34.3 Å². The minimum absolute atomic E-state index is 0.0803. The third kappa shape index (κ3) is 3.00. The highest BCUT2D eigenvalue weighted by atomic mass is 79.9. The summed E-state index contributed by atoms with van der Waals surface area (Å²) in [6, 6.07) is 7.82. The van der Waals surface area contributed by atoms with Crippen molar-refractivity contribution in [3.63, 3.8) is 0 Å². The summed E-state index contributed by atoms with van der Waals surface area (Å²) >= 11 is 3.47. The maximum atomic E-state index is 12.4. The maximum absolute atomic E-state index is 12.4. The fourth-order valence-electron chi connectivity index (χ4n) is 2.52. The van der Waals surface area contributed by atoms with Gasteiger partial charge in [-0.2, -0.15) is 0 Å². The van der Waals surface area contributed by atoms with Gasteiger partial charge >= 0.3 is 5.97 Å². The third-order valence-corrected chi connectivity index (χ3v) is 4.79. The van der Waals surface area contributed by atoms with Crippen LogP contribution in [-0.4, -0.2) is 19.1 Å². The molecular formula is C15H20BrNO2. The average molecular weight is 326 g/mol. The van der Waals surface area contributed by atoms with Gasteiger partial charge in [0, 0.05) is 16.6 Å². The molecule has 19 heavy (non-hydrogen) atoms. The zero-order chi connectivity index (χ0) is 13.9. The molecule has 4 heteroatoms. The molecule has 104 valence electrons. The number of hydrogen-bond donors (Lipinski definition) is 1. The van der Waals surface area contributed by atoms with Gasteiger partial charge in [0.1, 0.15) is 6.61 Å². The van der Waals surface area contributed by atoms with E-state index in [0.29, 0.717) is 6.61 Å². The highest BCUT2D eigenvalue weighted by Crippen LogP contribution is 2.35. The van der Waals surface area contributed by atoms with E-state index in [4.69, 9.17) is 4.74 Å². The van der Waals surface area contributed by atoms with Gasteiger partial charge in [-0.3, -0.25) is 4.79 Å². The van der Waals surface area contributed by atoms with Crippen molar-refractivity contribution in [1.29, 1.82) is 0 Å². The van der Waals surface area contributed by atoms with Gasteiger partial charge in [0.2, 0.25) is 0 Å². The normalized spacial score (nSPS) is 22.7. The molecule has 1 unspecified atom stereocenters. The molecule has 1 N–H and O–H groups in total. The van der Waals surface area contributed by atoms with Gasteiger partial charge in [0.25, 0.3) is 0 Å². The molecule has 1 atom stereocenters. The van der Waals surface area contributed by atoms with Gasteiger partial charge in [-0.05, 0) is 24.9 Å². The third-order valence-electron chi connectivity index (χ3n) is 4.02. The summed E-state index contributed by atoms with van der Waals surface area (Å²) in [5, 5.41) is 3.27. The van der Waals surface area contributed by atoms with Crippen molar-refractivity contribution in [2.45, 2.75) is 26.9 Å². The molecule has 1 saturated heterocycles. The van der Waals surface area contributed by atoms with Crippen LogP contribution in [0.1, 0.15) is 25.8 Å². The van der Waals surface area contributed by atoms with Crippen LogP contribution in [0.2, 0.25) is 0 Å². The molecule has 0 aliphatic carbocycles. The van der Waals surface area contributed by atoms with Gasteiger partial charge < -0.3 is 10.1 Å². The Bertz CT molecular complexity index is 453. The highest BCUT2D eigenvalue weighted by molar-refractivity contribution is 9.10. The van der Waals surface area contributed by atoms with E-state index in [9.17, 15) is 4.79 Å². The zero-order valence-corrected chi connectivity index (χ0v) is 13.0. The predicted molar refractivity (Wildman–Crippen MR) is 78.7 cm³/mol. The van der Waals surface area contributed by atoms with E-state index in [-0.39, 0.29) is 17.3 Å². The van der Waals surface area contributed by atoms with Crippen molar-refractivity contribution >= 4 is 21.9 Å². The summed E-state index contributed by atoms with van der Waals surface area (Å²) in [6.07, 6.45) is 0.861. The Morgan fingerprint density at radius 1 is 1.47 bits per heavy atom. The quantitative estimate of drug-likeness (QED) is 0.864. The molecule has 0 amide bonds. The summed E-state index contributed by atoms with van der Waals surface area (Å²) in [4.78, 5) is 12.4. The zero-order valence-electron chi connectivity index (χ0n) is 11.4. The average Bonchev–Trinajstić information content (AvgIpc) is 2.88. The van der Waals surface area contributed by atoms with Crippen LogP contribution in [0, 0.1) is 11.3 Å². The largest absolute Gasteiger partial charge is 0.460 e. The van der Waals surface area contributed by atoms with E-state index in [0.717, 1.165) is 29.5 Å². The van der Waals surface area contributed by atoms with E-state index in [1.54, 1.807) is 0 Å². The minimum Gasteiger partial charge on any atom is -0.460 e. The van der Waals surface area contributed by atoms with Gasteiger partial charge in [-0.15, -0.1) is 0 Å². The van der Waals surface area contributed by atoms with Crippen LogP contribution in [0.25, 0.3) is 0 Å². The summed E-state index contributed by atoms with van der Waals surface area (Å²) in [7, 11) is 0. The first-order valence-corrected chi connectivity index (χ1v) is 7.47. The molecule has 2 rings (SSSR count). The van der Waals surface area contributed by atoms with E-state index in [1.165, 1.54) is 0 Å². The summed E-state index contributed by atoms with van der Waals surface area (Å²) in [5.41, 5.74) is 0.641. The Morgan fingerprint density at radius 3 is 2.79 bits per heavy atom. The molecule has 1 aliphatic rings. The van der Waals surface area contributed by atoms with Crippen molar-refractivity contribution in [2.24, 2.45) is 11.3 Å². The molecule has 0 bridgehead atoms. The molecular weight excluding hydrogens is 306 g/mol. The van der Waals surface area contributed by atoms with Crippen LogP contribution in [0.3, 0.4) is 0 Å². The molecule has 1 fully saturated rings. The Kier molecular flexibility index (Phi) is 4.63. The first-order chi connectivity index (χ1) is 9.06. The molecule has 3 nitrogen and oxygen atoms in total. The monoisotopic (exact) mass is 325 g/mol. The number of rotatable bonds is 4. The second-order valence-corrected chi connectivity index (χ2v) is 6.26. The van der Waals surface area contributed by atoms with E-state index in [1.807, 2.05) is 24.3 Å². The lowest BCUT2D eigenvalue weighted by Crippen LogP contribution is -2.39. The second-order valence-electron chi connectivity index (χ2n) is 5.41. The number of nitrogens with one attached hydrogen (secondary N) is 1. The van der Waals surface area contributed by atoms with Crippen molar-refractivity contribution < 1.29 is 9.53 Å². The fraction of sp³-hybridized carbons (Fsp3) is 0.533. The minimum atomic E-state index is -0.360. The first kappa shape index (κ1) is 14.5. The summed E-state index contributed by atoms with van der Waals surface area (Å²) in [6.45, 7) is 6.12. The molecule has 1 aromatic rings. The standard InChI is InChI=1S/C15H20BrNO2/c1-11(2)15(7-8-17-10-15)14(18)19-9-12-5-3-4-6-13(12)16/h3-6,11,17H,7-10H2,1-2H3. The topological polar surface area (TPSA) is 38.3 Å². The Balaban J connectivity index is 2.03. The number of hydrogen-bond acceptors (Lipinski definition) is 3. The lowest BCUT2D eigenvalue weighted by Gasteiger charge is -2.30. The van der Waals surface area contributed by atoms with Crippen LogP contribution in [0.5, 0.6) is 0 Å². The van der Waals surface area contributed by atoms with Crippen LogP contribution in [-0.2, 0) is 16.1 Å². The van der Waals surface area contributed by atoms with Gasteiger partial charge in [-0.1, -0.05) is 48.0 Å². The van der Waals surface area contributed by atoms with Gasteiger partial charge in [0.15, 0.2) is 0 Å². The Labute approximate surface area is 122 Å². The van der Waals surface area contributed by atoms with Crippen LogP contribution < -0.4 is 5.32 Å². The van der Waals surface area contributed by atoms with Crippen molar-refractivity contribution in [1.82, 2.24) is 5.32 Å². The second kappa shape index (κ2) is 6.06. The van der Waals surface area contributed by atoms with Gasteiger partial charge in [0.05, 0.1) is 5.41 Å². The molecule has 0 aromatic heterocycles. The lowest BCUT2D eigenvalue weighted by molar-refractivity contribution is -0.159. The number of halogens is 1. The van der Waals surface area contributed by atoms with Crippen LogP contribution in [0.4, 0.5) is 0 Å². The SMILES string of the molecule is CC(C)C1(C(=O)OCc2ccccc2Br)CCNC1. The number of ether oxygens (including phenoxy) is 1. The fourth-order valence-corrected chi connectivity index (χ4v) is 2.92. The van der Waals surface area contributed by atoms with Crippen molar-refractivity contribution in [3.8, 4) is 0 Å². The molecule has 0 saturated carbocycles. The van der Waals surface area contributed by atoms with Crippen LogP contribution in [0.15, 0.2) is 28.7 Å². The van der Waals surface area contributed by atoms with E-state index >= 15 is 0 Å². The first-order valence-electron chi connectivity index (χ1n) is 6.67.